The van der Waals surface area contributed by atoms with Crippen LogP contribution >= 0.6 is 0 Å². The van der Waals surface area contributed by atoms with Crippen LogP contribution in [0.1, 0.15) is 31.9 Å². The average Bonchev–Trinajstić information content (AvgIpc) is 3.06. The van der Waals surface area contributed by atoms with Gasteiger partial charge in [-0.15, -0.1) is 0 Å². The average molecular weight is 646 g/mol. The van der Waals surface area contributed by atoms with Gasteiger partial charge in [0.2, 0.25) is 11.8 Å². The third kappa shape index (κ3) is 8.94. The van der Waals surface area contributed by atoms with Crippen molar-refractivity contribution >= 4 is 27.5 Å². The van der Waals surface area contributed by atoms with E-state index in [-0.39, 0.29) is 35.0 Å². The number of hydrogen-bond acceptors (Lipinski definition) is 5. The molecule has 0 saturated heterocycles. The first-order chi connectivity index (χ1) is 22.1. The molecule has 0 aromatic heterocycles. The second-order valence-corrected chi connectivity index (χ2v) is 13.1. The van der Waals surface area contributed by atoms with Gasteiger partial charge in [-0.2, -0.15) is 0 Å². The Morgan fingerprint density at radius 2 is 1.46 bits per heavy atom. The smallest absolute Gasteiger partial charge is 0.264 e. The molecule has 0 spiro atoms. The van der Waals surface area contributed by atoms with E-state index in [1.807, 2.05) is 51.1 Å². The SMILES string of the molecule is CCOc1ccc(N(CC(=O)N(Cc2ccccc2F)[C@@H](Cc2ccccc2)C(=O)NCC(C)C)S(=O)(=O)c2ccccc2)cc1. The number of nitrogens with zero attached hydrogens (tertiary/aromatic N) is 2. The fraction of sp³-hybridized carbons (Fsp3) is 0.278. The quantitative estimate of drug-likeness (QED) is 0.176. The molecule has 2 amide bonds. The minimum atomic E-state index is -4.24. The van der Waals surface area contributed by atoms with Gasteiger partial charge in [-0.1, -0.05) is 80.6 Å². The predicted molar refractivity (Wildman–Crippen MR) is 177 cm³/mol. The fourth-order valence-corrected chi connectivity index (χ4v) is 6.35. The highest BCUT2D eigenvalue weighted by molar-refractivity contribution is 7.92. The van der Waals surface area contributed by atoms with Crippen LogP contribution in [-0.4, -0.2) is 50.9 Å². The summed E-state index contributed by atoms with van der Waals surface area (Å²) in [6.45, 7) is 5.66. The van der Waals surface area contributed by atoms with Gasteiger partial charge < -0.3 is 15.0 Å². The molecule has 1 atom stereocenters. The van der Waals surface area contributed by atoms with Crippen molar-refractivity contribution in [2.24, 2.45) is 5.92 Å². The number of carbonyl (C=O) groups is 2. The van der Waals surface area contributed by atoms with Gasteiger partial charge in [0.1, 0.15) is 24.2 Å². The lowest BCUT2D eigenvalue weighted by Crippen LogP contribution is -2.53. The standard InChI is InChI=1S/C36H40FN3O5S/c1-4-45-31-21-19-30(20-22-31)40(46(43,44)32-16-9-6-10-17-32)26-35(41)39(25-29-15-11-12-18-33(29)37)34(36(42)38-24-27(2)3)23-28-13-7-5-8-14-28/h5-22,27,34H,4,23-26H2,1-3H3,(H,38,42)/t34-/m0/s1. The Labute approximate surface area is 270 Å². The van der Waals surface area contributed by atoms with Crippen molar-refractivity contribution in [3.63, 3.8) is 0 Å². The summed E-state index contributed by atoms with van der Waals surface area (Å²) < 4.78 is 49.7. The number of rotatable bonds is 15. The van der Waals surface area contributed by atoms with Gasteiger partial charge in [0, 0.05) is 25.1 Å². The van der Waals surface area contributed by atoms with E-state index in [4.69, 9.17) is 4.74 Å². The van der Waals surface area contributed by atoms with Crippen LogP contribution in [0.15, 0.2) is 114 Å². The molecule has 0 aliphatic carbocycles. The van der Waals surface area contributed by atoms with Crippen molar-refractivity contribution in [1.29, 1.82) is 0 Å². The van der Waals surface area contributed by atoms with Gasteiger partial charge in [-0.25, -0.2) is 12.8 Å². The van der Waals surface area contributed by atoms with Crippen LogP contribution in [0.4, 0.5) is 10.1 Å². The Bertz CT molecular complexity index is 1680. The van der Waals surface area contributed by atoms with Crippen LogP contribution in [0, 0.1) is 11.7 Å². The largest absolute Gasteiger partial charge is 0.494 e. The highest BCUT2D eigenvalue weighted by atomic mass is 32.2. The van der Waals surface area contributed by atoms with E-state index in [1.54, 1.807) is 60.7 Å². The van der Waals surface area contributed by atoms with Gasteiger partial charge >= 0.3 is 0 Å². The summed E-state index contributed by atoms with van der Waals surface area (Å²) in [4.78, 5) is 29.5. The van der Waals surface area contributed by atoms with Gasteiger partial charge in [0.15, 0.2) is 0 Å². The van der Waals surface area contributed by atoms with Crippen molar-refractivity contribution in [3.05, 3.63) is 126 Å². The van der Waals surface area contributed by atoms with Crippen LogP contribution < -0.4 is 14.4 Å². The molecule has 0 unspecified atom stereocenters. The summed E-state index contributed by atoms with van der Waals surface area (Å²) in [6, 6.07) is 28.4. The number of hydrogen-bond donors (Lipinski definition) is 1. The minimum absolute atomic E-state index is 0.00662. The zero-order valence-electron chi connectivity index (χ0n) is 26.3. The van der Waals surface area contributed by atoms with E-state index in [9.17, 15) is 18.0 Å². The molecular formula is C36H40FN3O5S. The van der Waals surface area contributed by atoms with Crippen molar-refractivity contribution in [3.8, 4) is 5.75 Å². The number of halogens is 1. The zero-order valence-corrected chi connectivity index (χ0v) is 27.1. The molecule has 0 aliphatic heterocycles. The number of nitrogens with one attached hydrogen (secondary N) is 1. The first kappa shape index (κ1) is 34.2. The lowest BCUT2D eigenvalue weighted by Gasteiger charge is -2.34. The maximum absolute atomic E-state index is 15.0. The van der Waals surface area contributed by atoms with Crippen LogP contribution in [0.5, 0.6) is 5.75 Å². The van der Waals surface area contributed by atoms with Crippen LogP contribution in [0.3, 0.4) is 0 Å². The van der Waals surface area contributed by atoms with Crippen LogP contribution in [0.2, 0.25) is 0 Å². The van der Waals surface area contributed by atoms with E-state index in [0.29, 0.717) is 18.9 Å². The molecule has 0 aliphatic rings. The summed E-state index contributed by atoms with van der Waals surface area (Å²) in [5, 5.41) is 2.93. The third-order valence-electron chi connectivity index (χ3n) is 7.30. The van der Waals surface area contributed by atoms with Crippen LogP contribution in [0.25, 0.3) is 0 Å². The molecule has 4 aromatic rings. The molecule has 0 fully saturated rings. The molecule has 0 bridgehead atoms. The minimum Gasteiger partial charge on any atom is -0.494 e. The molecule has 4 rings (SSSR count). The second-order valence-electron chi connectivity index (χ2n) is 11.2. The Kier molecular flexibility index (Phi) is 11.9. The number of benzene rings is 4. The van der Waals surface area contributed by atoms with E-state index in [1.165, 1.54) is 23.1 Å². The lowest BCUT2D eigenvalue weighted by molar-refractivity contribution is -0.140. The molecule has 46 heavy (non-hydrogen) atoms. The number of sulfonamides is 1. The number of carbonyl (C=O) groups excluding carboxylic acids is 2. The normalized spacial score (nSPS) is 11.9. The second kappa shape index (κ2) is 16.0. The fourth-order valence-electron chi connectivity index (χ4n) is 4.91. The molecule has 4 aromatic carbocycles. The molecule has 242 valence electrons. The summed E-state index contributed by atoms with van der Waals surface area (Å²) in [5.74, 6) is -0.941. The van der Waals surface area contributed by atoms with Crippen molar-refractivity contribution in [1.82, 2.24) is 10.2 Å². The zero-order chi connectivity index (χ0) is 33.1. The lowest BCUT2D eigenvalue weighted by atomic mass is 10.0. The molecule has 0 radical (unpaired) electrons. The first-order valence-electron chi connectivity index (χ1n) is 15.2. The number of amides is 2. The molecular weight excluding hydrogens is 605 g/mol. The van der Waals surface area contributed by atoms with E-state index in [0.717, 1.165) is 9.87 Å². The molecule has 8 nitrogen and oxygen atoms in total. The monoisotopic (exact) mass is 645 g/mol. The van der Waals surface area contributed by atoms with Crippen molar-refractivity contribution < 1.29 is 27.1 Å². The van der Waals surface area contributed by atoms with Crippen LogP contribution in [-0.2, 0) is 32.6 Å². The first-order valence-corrected chi connectivity index (χ1v) is 16.7. The van der Waals surface area contributed by atoms with E-state index < -0.39 is 40.2 Å². The molecule has 10 heteroatoms. The third-order valence-corrected chi connectivity index (χ3v) is 9.09. The van der Waals surface area contributed by atoms with Crippen molar-refractivity contribution in [2.45, 2.75) is 44.7 Å². The van der Waals surface area contributed by atoms with Gasteiger partial charge in [0.05, 0.1) is 17.2 Å². The van der Waals surface area contributed by atoms with E-state index >= 15 is 4.39 Å². The van der Waals surface area contributed by atoms with Gasteiger partial charge in [0.25, 0.3) is 10.0 Å². The number of ether oxygens (including phenoxy) is 1. The Hall–Kier alpha value is -4.70. The van der Waals surface area contributed by atoms with Gasteiger partial charge in [-0.05, 0) is 60.9 Å². The summed E-state index contributed by atoms with van der Waals surface area (Å²) in [6.07, 6.45) is 0.138. The van der Waals surface area contributed by atoms with Gasteiger partial charge in [-0.3, -0.25) is 13.9 Å². The highest BCUT2D eigenvalue weighted by Gasteiger charge is 2.35. The molecule has 0 heterocycles. The maximum Gasteiger partial charge on any atom is 0.264 e. The summed E-state index contributed by atoms with van der Waals surface area (Å²) in [5.41, 5.74) is 1.22. The molecule has 0 saturated carbocycles. The summed E-state index contributed by atoms with van der Waals surface area (Å²) >= 11 is 0. The van der Waals surface area contributed by atoms with E-state index in [2.05, 4.69) is 5.32 Å². The topological polar surface area (TPSA) is 96.0 Å². The Morgan fingerprint density at radius 3 is 2.07 bits per heavy atom. The Balaban J connectivity index is 1.80. The van der Waals surface area contributed by atoms with Crippen molar-refractivity contribution in [2.75, 3.05) is 24.0 Å². The molecule has 1 N–H and O–H groups in total. The summed E-state index contributed by atoms with van der Waals surface area (Å²) in [7, 11) is -4.24. The highest BCUT2D eigenvalue weighted by Crippen LogP contribution is 2.27. The maximum atomic E-state index is 15.0. The number of anilines is 1. The Morgan fingerprint density at radius 1 is 0.848 bits per heavy atom. The predicted octanol–water partition coefficient (Wildman–Crippen LogP) is 5.83.